The topological polar surface area (TPSA) is 77.9 Å². The van der Waals surface area contributed by atoms with E-state index in [4.69, 9.17) is 9.47 Å². The monoisotopic (exact) mass is 457 g/mol. The summed E-state index contributed by atoms with van der Waals surface area (Å²) in [5, 5.41) is 5.89. The highest BCUT2D eigenvalue weighted by molar-refractivity contribution is 6.06. The SMILES string of the molecule is CCCCOc1ccc2c(c1)/C(=N/N1CC(=O)N(CCCN3CCN(C)CC3)C1=O)CCO2. The van der Waals surface area contributed by atoms with E-state index in [1.165, 1.54) is 9.91 Å². The Balaban J connectivity index is 1.37. The summed E-state index contributed by atoms with van der Waals surface area (Å²) in [5.41, 5.74) is 1.57. The van der Waals surface area contributed by atoms with E-state index in [0.717, 1.165) is 74.8 Å². The summed E-state index contributed by atoms with van der Waals surface area (Å²) in [4.78, 5) is 31.5. The van der Waals surface area contributed by atoms with E-state index in [-0.39, 0.29) is 18.5 Å². The normalized spacial score (nSPS) is 21.0. The standard InChI is InChI=1S/C24H35N5O4/c1-3-4-15-32-19-6-7-22-20(17-19)21(8-16-33-22)25-29-18-23(30)28(24(29)31)10-5-9-27-13-11-26(2)12-14-27/h6-7,17H,3-5,8-16,18H2,1-2H3/b25-21+. The molecule has 3 heterocycles. The van der Waals surface area contributed by atoms with Crippen molar-refractivity contribution >= 4 is 17.6 Å². The summed E-state index contributed by atoms with van der Waals surface area (Å²) in [6.07, 6.45) is 3.41. The molecule has 0 bridgehead atoms. The van der Waals surface area contributed by atoms with E-state index in [1.54, 1.807) is 0 Å². The van der Waals surface area contributed by atoms with Crippen LogP contribution < -0.4 is 9.47 Å². The highest BCUT2D eigenvalue weighted by Gasteiger charge is 2.36. The van der Waals surface area contributed by atoms with Crippen molar-refractivity contribution in [2.24, 2.45) is 5.10 Å². The lowest BCUT2D eigenvalue weighted by Gasteiger charge is -2.32. The molecule has 4 rings (SSSR count). The molecule has 0 N–H and O–H groups in total. The van der Waals surface area contributed by atoms with Crippen LogP contribution in [-0.2, 0) is 4.79 Å². The van der Waals surface area contributed by atoms with Gasteiger partial charge >= 0.3 is 6.03 Å². The van der Waals surface area contributed by atoms with Gasteiger partial charge in [0.05, 0.1) is 18.9 Å². The van der Waals surface area contributed by atoms with Gasteiger partial charge in [0.15, 0.2) is 0 Å². The van der Waals surface area contributed by atoms with Gasteiger partial charge in [-0.15, -0.1) is 0 Å². The largest absolute Gasteiger partial charge is 0.494 e. The number of amides is 3. The molecule has 33 heavy (non-hydrogen) atoms. The van der Waals surface area contributed by atoms with E-state index in [0.29, 0.717) is 26.2 Å². The van der Waals surface area contributed by atoms with E-state index < -0.39 is 0 Å². The van der Waals surface area contributed by atoms with Crippen molar-refractivity contribution in [1.82, 2.24) is 19.7 Å². The second kappa shape index (κ2) is 11.0. The first-order valence-electron chi connectivity index (χ1n) is 12.1. The molecule has 0 aliphatic carbocycles. The molecule has 0 saturated carbocycles. The third-order valence-corrected chi connectivity index (χ3v) is 6.36. The van der Waals surface area contributed by atoms with Gasteiger partial charge in [-0.3, -0.25) is 9.69 Å². The van der Waals surface area contributed by atoms with Crippen LogP contribution in [0.4, 0.5) is 4.79 Å². The van der Waals surface area contributed by atoms with Crippen molar-refractivity contribution in [2.45, 2.75) is 32.6 Å². The predicted octanol–water partition coefficient (Wildman–Crippen LogP) is 2.25. The maximum atomic E-state index is 12.9. The van der Waals surface area contributed by atoms with Crippen molar-refractivity contribution in [3.63, 3.8) is 0 Å². The Bertz CT molecular complexity index is 882. The average Bonchev–Trinajstić information content (AvgIpc) is 3.08. The number of likely N-dealkylation sites (N-methyl/N-ethyl adjacent to an activating group) is 1. The van der Waals surface area contributed by atoms with Crippen molar-refractivity contribution < 1.29 is 19.1 Å². The zero-order valence-electron chi connectivity index (χ0n) is 19.8. The molecule has 180 valence electrons. The van der Waals surface area contributed by atoms with Crippen LogP contribution in [0.25, 0.3) is 0 Å². The molecule has 0 radical (unpaired) electrons. The third kappa shape index (κ3) is 5.83. The number of imide groups is 1. The Morgan fingerprint density at radius 1 is 1.09 bits per heavy atom. The fourth-order valence-electron chi connectivity index (χ4n) is 4.28. The quantitative estimate of drug-likeness (QED) is 0.418. The Hall–Kier alpha value is -2.65. The molecule has 2 saturated heterocycles. The first-order valence-corrected chi connectivity index (χ1v) is 12.1. The lowest BCUT2D eigenvalue weighted by molar-refractivity contribution is -0.125. The maximum Gasteiger partial charge on any atom is 0.347 e. The number of piperazine rings is 1. The van der Waals surface area contributed by atoms with Crippen molar-refractivity contribution in [3.05, 3.63) is 23.8 Å². The molecule has 9 heteroatoms. The molecule has 2 fully saturated rings. The number of rotatable bonds is 9. The van der Waals surface area contributed by atoms with Gasteiger partial charge in [0.2, 0.25) is 0 Å². The molecule has 9 nitrogen and oxygen atoms in total. The first kappa shape index (κ1) is 23.5. The highest BCUT2D eigenvalue weighted by atomic mass is 16.5. The van der Waals surface area contributed by atoms with Crippen LogP contribution >= 0.6 is 0 Å². The van der Waals surface area contributed by atoms with Gasteiger partial charge in [0.1, 0.15) is 18.0 Å². The van der Waals surface area contributed by atoms with E-state index in [9.17, 15) is 9.59 Å². The van der Waals surface area contributed by atoms with E-state index in [1.807, 2.05) is 18.2 Å². The molecule has 1 aromatic rings. The van der Waals surface area contributed by atoms with Crippen LogP contribution in [0.1, 0.15) is 38.2 Å². The minimum absolute atomic E-state index is 0.0142. The number of hydrazone groups is 1. The van der Waals surface area contributed by atoms with E-state index in [2.05, 4.69) is 28.9 Å². The molecule has 1 aromatic carbocycles. The molecule has 3 aliphatic rings. The number of benzene rings is 1. The highest BCUT2D eigenvalue weighted by Crippen LogP contribution is 2.30. The van der Waals surface area contributed by atoms with Crippen LogP contribution in [0.15, 0.2) is 23.3 Å². The summed E-state index contributed by atoms with van der Waals surface area (Å²) >= 11 is 0. The van der Waals surface area contributed by atoms with Gasteiger partial charge < -0.3 is 19.3 Å². The summed E-state index contributed by atoms with van der Waals surface area (Å²) in [6, 6.07) is 5.35. The fraction of sp³-hybridized carbons (Fsp3) is 0.625. The van der Waals surface area contributed by atoms with E-state index >= 15 is 0 Å². The number of nitrogens with zero attached hydrogens (tertiary/aromatic N) is 5. The second-order valence-electron chi connectivity index (χ2n) is 8.89. The Morgan fingerprint density at radius 2 is 1.91 bits per heavy atom. The zero-order valence-corrected chi connectivity index (χ0v) is 19.8. The van der Waals surface area contributed by atoms with Crippen LogP contribution in [0.2, 0.25) is 0 Å². The van der Waals surface area contributed by atoms with Crippen LogP contribution in [0.3, 0.4) is 0 Å². The molecule has 3 aliphatic heterocycles. The number of hydrogen-bond donors (Lipinski definition) is 0. The van der Waals surface area contributed by atoms with Crippen molar-refractivity contribution in [3.8, 4) is 11.5 Å². The Kier molecular flexibility index (Phi) is 7.82. The van der Waals surface area contributed by atoms with Gasteiger partial charge in [-0.05, 0) is 44.6 Å². The maximum absolute atomic E-state index is 12.9. The molecular weight excluding hydrogens is 422 g/mol. The summed E-state index contributed by atoms with van der Waals surface area (Å²) in [7, 11) is 2.13. The van der Waals surface area contributed by atoms with Gasteiger partial charge in [0, 0.05) is 44.7 Å². The molecule has 3 amide bonds. The van der Waals surface area contributed by atoms with Gasteiger partial charge in [0.25, 0.3) is 5.91 Å². The number of ether oxygens (including phenoxy) is 2. The van der Waals surface area contributed by atoms with Crippen LogP contribution in [0.5, 0.6) is 11.5 Å². The molecule has 0 aromatic heterocycles. The number of carbonyl (C=O) groups is 2. The predicted molar refractivity (Wildman–Crippen MR) is 126 cm³/mol. The third-order valence-electron chi connectivity index (χ3n) is 6.36. The lowest BCUT2D eigenvalue weighted by Crippen LogP contribution is -2.45. The summed E-state index contributed by atoms with van der Waals surface area (Å²) < 4.78 is 11.6. The average molecular weight is 458 g/mol. The molecular formula is C24H35N5O4. The first-order chi connectivity index (χ1) is 16.0. The lowest BCUT2D eigenvalue weighted by atomic mass is 10.0. The molecule has 0 atom stereocenters. The number of carbonyl (C=O) groups excluding carboxylic acids is 2. The zero-order chi connectivity index (χ0) is 23.2. The van der Waals surface area contributed by atoms with Gasteiger partial charge in [-0.1, -0.05) is 13.3 Å². The fourth-order valence-corrected chi connectivity index (χ4v) is 4.28. The smallest absolute Gasteiger partial charge is 0.347 e. The number of urea groups is 1. The Morgan fingerprint density at radius 3 is 2.70 bits per heavy atom. The molecule has 0 unspecified atom stereocenters. The van der Waals surface area contributed by atoms with Gasteiger partial charge in [-0.2, -0.15) is 5.10 Å². The Labute approximate surface area is 195 Å². The van der Waals surface area contributed by atoms with Crippen LogP contribution in [-0.4, -0.2) is 103 Å². The minimum atomic E-state index is -0.339. The second-order valence-corrected chi connectivity index (χ2v) is 8.89. The van der Waals surface area contributed by atoms with Crippen molar-refractivity contribution in [2.75, 3.05) is 66.1 Å². The number of hydrogen-bond acceptors (Lipinski definition) is 7. The summed E-state index contributed by atoms with van der Waals surface area (Å²) in [6.45, 7) is 8.77. The summed E-state index contributed by atoms with van der Waals surface area (Å²) in [5.74, 6) is 1.30. The number of unbranched alkanes of at least 4 members (excludes halogenated alkanes) is 1. The number of fused-ring (bicyclic) bond motifs is 1. The van der Waals surface area contributed by atoms with Crippen molar-refractivity contribution in [1.29, 1.82) is 0 Å². The van der Waals surface area contributed by atoms with Gasteiger partial charge in [-0.25, -0.2) is 9.80 Å². The van der Waals surface area contributed by atoms with Crippen LogP contribution in [0, 0.1) is 0 Å². The minimum Gasteiger partial charge on any atom is -0.494 e. The molecule has 0 spiro atoms.